The quantitative estimate of drug-likeness (QED) is 0.177. The number of aliphatic hydroxyl groups excluding tert-OH is 1. The number of rotatable bonds is 10. The molecule has 2 fully saturated rings. The number of fused-ring (bicyclic) bond motifs is 2. The molecule has 2 saturated heterocycles. The maximum absolute atomic E-state index is 15.7. The second-order valence-electron chi connectivity index (χ2n) is 13.0. The lowest BCUT2D eigenvalue weighted by Gasteiger charge is -2.19. The van der Waals surface area contributed by atoms with Crippen molar-refractivity contribution >= 4 is 34.7 Å². The van der Waals surface area contributed by atoms with Gasteiger partial charge in [-0.15, -0.1) is 0 Å². The summed E-state index contributed by atoms with van der Waals surface area (Å²) < 4.78 is 57.3. The van der Waals surface area contributed by atoms with Gasteiger partial charge < -0.3 is 24.1 Å². The summed E-state index contributed by atoms with van der Waals surface area (Å²) in [7, 11) is -3.56. The zero-order valence-corrected chi connectivity index (χ0v) is 27.9. The molecule has 4 aromatic rings. The normalized spacial score (nSPS) is 21.8. The Labute approximate surface area is 263 Å². The van der Waals surface area contributed by atoms with Gasteiger partial charge in [0.15, 0.2) is 17.6 Å². The highest BCUT2D eigenvalue weighted by Gasteiger charge is 2.49. The van der Waals surface area contributed by atoms with Gasteiger partial charge in [-0.25, -0.2) is 13.6 Å². The molecule has 0 saturated carbocycles. The van der Waals surface area contributed by atoms with E-state index in [1.54, 1.807) is 17.1 Å². The first-order valence-electron chi connectivity index (χ1n) is 15.0. The van der Waals surface area contributed by atoms with Crippen LogP contribution in [0.15, 0.2) is 59.0 Å². The van der Waals surface area contributed by atoms with Gasteiger partial charge in [0, 0.05) is 48.6 Å². The third-order valence-electron chi connectivity index (χ3n) is 7.80. The Kier molecular flexibility index (Phi) is 8.85. The van der Waals surface area contributed by atoms with E-state index < -0.39 is 48.0 Å². The highest BCUT2D eigenvalue weighted by atomic mass is 32.2. The van der Waals surface area contributed by atoms with Crippen LogP contribution in [-0.2, 0) is 30.7 Å². The number of nitrogens with zero attached hydrogens (tertiary/aromatic N) is 4. The molecule has 2 aliphatic rings. The van der Waals surface area contributed by atoms with Crippen LogP contribution in [0.1, 0.15) is 0 Å². The van der Waals surface area contributed by atoms with Gasteiger partial charge in [-0.3, -0.25) is 4.57 Å². The molecule has 2 aliphatic heterocycles. The van der Waals surface area contributed by atoms with Gasteiger partial charge in [0.2, 0.25) is 0 Å². The minimum atomic E-state index is -2.24. The van der Waals surface area contributed by atoms with Crippen LogP contribution < -0.4 is 4.74 Å². The summed E-state index contributed by atoms with van der Waals surface area (Å²) >= 11 is 0. The molecule has 2 aromatic heterocycles. The van der Waals surface area contributed by atoms with Crippen molar-refractivity contribution in [3.05, 3.63) is 60.4 Å². The van der Waals surface area contributed by atoms with Crippen molar-refractivity contribution < 1.29 is 32.7 Å². The van der Waals surface area contributed by atoms with Crippen LogP contribution in [0.4, 0.5) is 10.1 Å². The molecule has 0 bridgehead atoms. The van der Waals surface area contributed by atoms with E-state index in [4.69, 9.17) is 18.9 Å². The first-order chi connectivity index (χ1) is 21.3. The van der Waals surface area contributed by atoms with E-state index >= 15 is 4.39 Å². The van der Waals surface area contributed by atoms with Gasteiger partial charge in [0.05, 0.1) is 24.4 Å². The first kappa shape index (κ1) is 31.8. The number of pyridine rings is 1. The fourth-order valence-electron chi connectivity index (χ4n) is 5.43. The minimum Gasteiger partial charge on any atom is -0.456 e. The highest BCUT2D eigenvalue weighted by Crippen LogP contribution is 2.33. The number of ether oxygens (including phenoxy) is 4. The second kappa shape index (κ2) is 12.5. The van der Waals surface area contributed by atoms with Crippen molar-refractivity contribution in [2.24, 2.45) is 4.36 Å². The van der Waals surface area contributed by atoms with Crippen molar-refractivity contribution in [2.45, 2.75) is 56.8 Å². The van der Waals surface area contributed by atoms with E-state index in [0.29, 0.717) is 29.0 Å². The van der Waals surface area contributed by atoms with E-state index in [1.807, 2.05) is 48.5 Å². The van der Waals surface area contributed by atoms with Crippen LogP contribution in [0.5, 0.6) is 6.01 Å². The van der Waals surface area contributed by atoms with Crippen molar-refractivity contribution in [2.75, 3.05) is 32.3 Å². The summed E-state index contributed by atoms with van der Waals surface area (Å²) in [6.07, 6.45) is 1.12. The zero-order valence-electron chi connectivity index (χ0n) is 26.1. The molecule has 1 N–H and O–H groups in total. The number of halogens is 1. The number of benzene rings is 2. The molecule has 6 rings (SSSR count). The lowest BCUT2D eigenvalue weighted by atomic mass is 10.0. The van der Waals surface area contributed by atoms with Crippen LogP contribution in [0.3, 0.4) is 0 Å². The maximum atomic E-state index is 15.7. The molecule has 13 heteroatoms. The van der Waals surface area contributed by atoms with Crippen molar-refractivity contribution in [3.63, 3.8) is 0 Å². The Morgan fingerprint density at radius 3 is 2.31 bits per heavy atom. The maximum Gasteiger partial charge on any atom is 0.301 e. The van der Waals surface area contributed by atoms with Crippen molar-refractivity contribution in [1.82, 2.24) is 14.5 Å². The molecule has 10 nitrogen and oxygen atoms in total. The third kappa shape index (κ3) is 7.29. The van der Waals surface area contributed by atoms with Crippen molar-refractivity contribution in [1.29, 1.82) is 0 Å². The van der Waals surface area contributed by atoms with E-state index in [1.165, 1.54) is 6.07 Å². The molecule has 0 spiro atoms. The molecule has 45 heavy (non-hydrogen) atoms. The standard InChI is InChI=1S/C32H39FN4O6SSi/c1-44(2,39)36-23-12-10-21(11-13-23)20-6-8-22(9-7-20)28-24(33)16-25-31(34-28)35-32(37(25)19-40-14-15-45(3,4)5)43-27-18-42-29-26(38)17-41-30(27)29/h6-13,16,26-27,29-30,38H,14-15,17-19H2,1-5H3/t26-,27-,29-,30-/m1/s1. The first-order valence-corrected chi connectivity index (χ1v) is 21.0. The molecule has 240 valence electrons. The van der Waals surface area contributed by atoms with Crippen LogP contribution in [-0.4, -0.2) is 88.7 Å². The van der Waals surface area contributed by atoms with Gasteiger partial charge >= 0.3 is 6.01 Å². The highest BCUT2D eigenvalue weighted by molar-refractivity contribution is 7.92. The predicted octanol–water partition coefficient (Wildman–Crippen LogP) is 5.48. The summed E-state index contributed by atoms with van der Waals surface area (Å²) in [4.78, 5) is 9.27. The van der Waals surface area contributed by atoms with Crippen LogP contribution in [0.2, 0.25) is 25.7 Å². The van der Waals surface area contributed by atoms with Crippen molar-refractivity contribution in [3.8, 4) is 28.4 Å². The fourth-order valence-corrected chi connectivity index (χ4v) is 6.81. The van der Waals surface area contributed by atoms with E-state index in [9.17, 15) is 9.32 Å². The second-order valence-corrected chi connectivity index (χ2v) is 21.2. The number of hydrogen-bond acceptors (Lipinski definition) is 9. The van der Waals surface area contributed by atoms with E-state index in [-0.39, 0.29) is 31.6 Å². The Balaban J connectivity index is 1.27. The van der Waals surface area contributed by atoms with Crippen LogP contribution >= 0.6 is 0 Å². The minimum absolute atomic E-state index is 0.121. The summed E-state index contributed by atoms with van der Waals surface area (Å²) in [6, 6.07) is 17.6. The number of aliphatic hydroxyl groups is 1. The fraction of sp³-hybridized carbons (Fsp3) is 0.438. The number of imidazole rings is 1. The molecule has 4 atom stereocenters. The van der Waals surface area contributed by atoms with Gasteiger partial charge in [-0.05, 0) is 29.3 Å². The monoisotopic (exact) mass is 654 g/mol. The van der Waals surface area contributed by atoms with Gasteiger partial charge in [0.1, 0.15) is 30.7 Å². The van der Waals surface area contributed by atoms with E-state index in [2.05, 4.69) is 34.0 Å². The summed E-state index contributed by atoms with van der Waals surface area (Å²) in [5.41, 5.74) is 4.10. The Morgan fingerprint density at radius 1 is 1.00 bits per heavy atom. The Morgan fingerprint density at radius 2 is 1.64 bits per heavy atom. The number of hydrogen-bond donors (Lipinski definition) is 1. The zero-order chi connectivity index (χ0) is 31.9. The molecule has 0 amide bonds. The van der Waals surface area contributed by atoms with Gasteiger partial charge in [-0.1, -0.05) is 56.0 Å². The van der Waals surface area contributed by atoms with Gasteiger partial charge in [-0.2, -0.15) is 9.35 Å². The SMILES string of the molecule is C[Si](C)(C)CCOCn1c(O[C@@H]2CO[C@H]3[C@@H]2OC[C@H]3O)nc2nc(-c3ccc(-c4ccc(N=S(C)(C)=O)cc4)cc3)c(F)cc21. The van der Waals surface area contributed by atoms with E-state index in [0.717, 1.165) is 17.2 Å². The van der Waals surface area contributed by atoms with Gasteiger partial charge in [0.25, 0.3) is 0 Å². The summed E-state index contributed by atoms with van der Waals surface area (Å²) in [5, 5.41) is 10.2. The summed E-state index contributed by atoms with van der Waals surface area (Å²) in [6.45, 7) is 7.95. The predicted molar refractivity (Wildman–Crippen MR) is 174 cm³/mol. The molecule has 0 unspecified atom stereocenters. The molecule has 4 heterocycles. The molecule has 0 aliphatic carbocycles. The Hall–Kier alpha value is -3.20. The van der Waals surface area contributed by atoms with Crippen LogP contribution in [0.25, 0.3) is 33.5 Å². The number of aromatic nitrogens is 3. The molecule has 2 aromatic carbocycles. The third-order valence-corrected chi connectivity index (χ3v) is 10.2. The average Bonchev–Trinajstić information content (AvgIpc) is 3.65. The Bertz CT molecular complexity index is 1790. The average molecular weight is 655 g/mol. The topological polar surface area (TPSA) is 117 Å². The molecular formula is C32H39FN4O6SSi. The van der Waals surface area contributed by atoms with Crippen LogP contribution in [0, 0.1) is 5.82 Å². The lowest BCUT2D eigenvalue weighted by molar-refractivity contribution is 0.00339. The molecular weight excluding hydrogens is 616 g/mol. The largest absolute Gasteiger partial charge is 0.456 e. The lowest BCUT2D eigenvalue weighted by Crippen LogP contribution is -2.35. The summed E-state index contributed by atoms with van der Waals surface area (Å²) in [5.74, 6) is -0.495. The molecule has 0 radical (unpaired) electrons. The smallest absolute Gasteiger partial charge is 0.301 e.